The van der Waals surface area contributed by atoms with Gasteiger partial charge < -0.3 is 0 Å². The smallest absolute Gasteiger partial charge is 0.165 e. The van der Waals surface area contributed by atoms with E-state index in [4.69, 9.17) is 0 Å². The lowest BCUT2D eigenvalue weighted by Crippen LogP contribution is -2.09. The second-order valence-electron chi connectivity index (χ2n) is 2.96. The van der Waals surface area contributed by atoms with Gasteiger partial charge in [0.25, 0.3) is 0 Å². The minimum absolute atomic E-state index is 0.132. The normalized spacial score (nSPS) is 12.5. The molecule has 0 amide bonds. The molecule has 0 aliphatic heterocycles. The van der Waals surface area contributed by atoms with E-state index in [1.54, 1.807) is 12.1 Å². The summed E-state index contributed by atoms with van der Waals surface area (Å²) in [5.41, 5.74) is 0.795. The monoisotopic (exact) mass is 161 g/mol. The van der Waals surface area contributed by atoms with Crippen LogP contribution in [0, 0.1) is 12.0 Å². The number of ketones is 1. The molecule has 1 nitrogen and oxygen atoms in total. The van der Waals surface area contributed by atoms with E-state index in [2.05, 4.69) is 6.07 Å². The van der Waals surface area contributed by atoms with Gasteiger partial charge in [-0.05, 0) is 12.5 Å². The van der Waals surface area contributed by atoms with E-state index in [-0.39, 0.29) is 11.7 Å². The summed E-state index contributed by atoms with van der Waals surface area (Å²) in [5, 5.41) is 0. The minimum Gasteiger partial charge on any atom is -0.294 e. The molecule has 0 aliphatic rings. The predicted octanol–water partition coefficient (Wildman–Crippen LogP) is 2.72. The third-order valence-corrected chi connectivity index (χ3v) is 2.06. The number of hydrogen-bond donors (Lipinski definition) is 0. The number of benzene rings is 1. The molecule has 0 bridgehead atoms. The molecule has 0 aliphatic carbocycles. The van der Waals surface area contributed by atoms with Gasteiger partial charge in [0.1, 0.15) is 0 Å². The van der Waals surface area contributed by atoms with Gasteiger partial charge in [-0.25, -0.2) is 0 Å². The number of hydrogen-bond acceptors (Lipinski definition) is 1. The van der Waals surface area contributed by atoms with Crippen LogP contribution in [0.15, 0.2) is 24.3 Å². The van der Waals surface area contributed by atoms with Gasteiger partial charge in [-0.1, -0.05) is 38.1 Å². The average Bonchev–Trinajstić information content (AvgIpc) is 2.17. The van der Waals surface area contributed by atoms with Gasteiger partial charge in [-0.15, -0.1) is 0 Å². The zero-order valence-corrected chi connectivity index (χ0v) is 7.50. The zero-order chi connectivity index (χ0) is 8.97. The first-order valence-corrected chi connectivity index (χ1v) is 4.26. The fraction of sp³-hybridized carbons (Fsp3) is 0.364. The highest BCUT2D eigenvalue weighted by atomic mass is 16.1. The molecule has 1 aromatic carbocycles. The number of rotatable bonds is 3. The van der Waals surface area contributed by atoms with Gasteiger partial charge in [0.2, 0.25) is 0 Å². The fourth-order valence-electron chi connectivity index (χ4n) is 1.02. The van der Waals surface area contributed by atoms with Gasteiger partial charge in [-0.2, -0.15) is 0 Å². The van der Waals surface area contributed by atoms with Crippen LogP contribution in [0.4, 0.5) is 0 Å². The van der Waals surface area contributed by atoms with Crippen LogP contribution in [0.2, 0.25) is 0 Å². The molecule has 1 aromatic rings. The Morgan fingerprint density at radius 3 is 2.58 bits per heavy atom. The Hall–Kier alpha value is -1.11. The fourth-order valence-corrected chi connectivity index (χ4v) is 1.02. The number of carbonyl (C=O) groups excluding carboxylic acids is 1. The first kappa shape index (κ1) is 8.98. The Morgan fingerprint density at radius 1 is 1.50 bits per heavy atom. The Kier molecular flexibility index (Phi) is 3.03. The topological polar surface area (TPSA) is 17.1 Å². The number of carbonyl (C=O) groups is 1. The molecule has 12 heavy (non-hydrogen) atoms. The Balaban J connectivity index is 2.79. The second-order valence-corrected chi connectivity index (χ2v) is 2.96. The van der Waals surface area contributed by atoms with E-state index in [9.17, 15) is 4.79 Å². The lowest BCUT2D eigenvalue weighted by atomic mass is 9.97. The molecule has 0 unspecified atom stereocenters. The first-order valence-electron chi connectivity index (χ1n) is 4.26. The summed E-state index contributed by atoms with van der Waals surface area (Å²) in [6.45, 7) is 3.98. The molecule has 0 spiro atoms. The Bertz CT molecular complexity index is 251. The van der Waals surface area contributed by atoms with Crippen molar-refractivity contribution >= 4 is 5.78 Å². The Labute approximate surface area is 73.4 Å². The van der Waals surface area contributed by atoms with Crippen molar-refractivity contribution in [2.24, 2.45) is 5.92 Å². The molecule has 0 saturated heterocycles. The summed E-state index contributed by atoms with van der Waals surface area (Å²) in [4.78, 5) is 11.6. The van der Waals surface area contributed by atoms with Crippen LogP contribution in [-0.2, 0) is 0 Å². The van der Waals surface area contributed by atoms with Gasteiger partial charge in [0, 0.05) is 11.5 Å². The zero-order valence-electron chi connectivity index (χ0n) is 7.50. The van der Waals surface area contributed by atoms with E-state index < -0.39 is 0 Å². The molecule has 1 atom stereocenters. The van der Waals surface area contributed by atoms with Crippen LogP contribution >= 0.6 is 0 Å². The van der Waals surface area contributed by atoms with Gasteiger partial charge in [0.15, 0.2) is 5.78 Å². The third kappa shape index (κ3) is 1.94. The van der Waals surface area contributed by atoms with Gasteiger partial charge in [0.05, 0.1) is 0 Å². The van der Waals surface area contributed by atoms with Crippen molar-refractivity contribution in [2.75, 3.05) is 0 Å². The highest BCUT2D eigenvalue weighted by Gasteiger charge is 2.11. The van der Waals surface area contributed by atoms with Gasteiger partial charge >= 0.3 is 0 Å². The van der Waals surface area contributed by atoms with Crippen molar-refractivity contribution in [3.63, 3.8) is 0 Å². The molecule has 1 rings (SSSR count). The quantitative estimate of drug-likeness (QED) is 0.623. The predicted molar refractivity (Wildman–Crippen MR) is 49.1 cm³/mol. The molecule has 1 radical (unpaired) electrons. The molecule has 1 heteroatoms. The highest BCUT2D eigenvalue weighted by molar-refractivity contribution is 5.97. The maximum Gasteiger partial charge on any atom is 0.165 e. The van der Waals surface area contributed by atoms with Crippen molar-refractivity contribution in [3.8, 4) is 0 Å². The molecule has 63 valence electrons. The summed E-state index contributed by atoms with van der Waals surface area (Å²) in [5.74, 6) is 0.360. The molecule has 0 fully saturated rings. The van der Waals surface area contributed by atoms with E-state index >= 15 is 0 Å². The molecular formula is C11H13O. The summed E-state index contributed by atoms with van der Waals surface area (Å²) in [6.07, 6.45) is 0.900. The van der Waals surface area contributed by atoms with E-state index in [1.165, 1.54) is 0 Å². The van der Waals surface area contributed by atoms with Crippen molar-refractivity contribution in [3.05, 3.63) is 35.9 Å². The third-order valence-electron chi connectivity index (χ3n) is 2.06. The van der Waals surface area contributed by atoms with Crippen LogP contribution in [0.25, 0.3) is 0 Å². The van der Waals surface area contributed by atoms with E-state index in [0.717, 1.165) is 12.0 Å². The van der Waals surface area contributed by atoms with E-state index in [1.807, 2.05) is 26.0 Å². The highest BCUT2D eigenvalue weighted by Crippen LogP contribution is 2.10. The largest absolute Gasteiger partial charge is 0.294 e. The lowest BCUT2D eigenvalue weighted by molar-refractivity contribution is 0.0927. The first-order chi connectivity index (χ1) is 5.75. The van der Waals surface area contributed by atoms with Crippen LogP contribution < -0.4 is 0 Å². The van der Waals surface area contributed by atoms with Crippen LogP contribution in [0.3, 0.4) is 0 Å². The Morgan fingerprint density at radius 2 is 2.08 bits per heavy atom. The van der Waals surface area contributed by atoms with Crippen LogP contribution in [0.1, 0.15) is 30.6 Å². The van der Waals surface area contributed by atoms with Crippen molar-refractivity contribution < 1.29 is 4.79 Å². The maximum absolute atomic E-state index is 11.6. The average molecular weight is 161 g/mol. The molecule has 0 heterocycles. The lowest BCUT2D eigenvalue weighted by Gasteiger charge is -2.05. The van der Waals surface area contributed by atoms with Gasteiger partial charge in [-0.3, -0.25) is 4.79 Å². The van der Waals surface area contributed by atoms with Crippen molar-refractivity contribution in [1.29, 1.82) is 0 Å². The summed E-state index contributed by atoms with van der Waals surface area (Å²) in [7, 11) is 0. The van der Waals surface area contributed by atoms with Crippen molar-refractivity contribution in [1.82, 2.24) is 0 Å². The van der Waals surface area contributed by atoms with E-state index in [0.29, 0.717) is 0 Å². The molecule has 0 aromatic heterocycles. The molecule has 0 N–H and O–H groups in total. The van der Waals surface area contributed by atoms with Crippen LogP contribution in [-0.4, -0.2) is 5.78 Å². The summed E-state index contributed by atoms with van der Waals surface area (Å²) in [6, 6.07) is 10.1. The van der Waals surface area contributed by atoms with Crippen molar-refractivity contribution in [2.45, 2.75) is 20.3 Å². The summed E-state index contributed by atoms with van der Waals surface area (Å²) < 4.78 is 0. The molecular weight excluding hydrogens is 148 g/mol. The summed E-state index contributed by atoms with van der Waals surface area (Å²) >= 11 is 0. The van der Waals surface area contributed by atoms with Crippen LogP contribution in [0.5, 0.6) is 0 Å². The number of Topliss-reactive ketones (excluding diaryl/α,β-unsaturated/α-hetero) is 1. The molecule has 0 saturated carbocycles. The SMILES string of the molecule is CC[C@H](C)C(=O)c1cc[c]cc1. The minimum atomic E-state index is 0.132. The maximum atomic E-state index is 11.6. The second kappa shape index (κ2) is 4.05. The standard InChI is InChI=1S/C11H13O/c1-3-9(2)11(12)10-7-5-4-6-8-10/h5-9H,3H2,1-2H3/t9-/m0/s1.